The molecule has 5 rings (SSSR count). The van der Waals surface area contributed by atoms with Gasteiger partial charge in [-0.1, -0.05) is 77.4 Å². The molecule has 4 aromatic rings. The molecule has 200 valence electrons. The first-order valence-corrected chi connectivity index (χ1v) is 14.1. The number of hydrogen-bond acceptors (Lipinski definition) is 7. The molecule has 0 saturated heterocycles. The molecular weight excluding hydrogens is 555 g/mol. The maximum absolute atomic E-state index is 13.1. The van der Waals surface area contributed by atoms with Crippen LogP contribution in [0.15, 0.2) is 89.2 Å². The summed E-state index contributed by atoms with van der Waals surface area (Å²) in [4.78, 5) is 17.8. The molecule has 1 atom stereocenters. The van der Waals surface area contributed by atoms with Gasteiger partial charge in [0.15, 0.2) is 0 Å². The van der Waals surface area contributed by atoms with E-state index in [9.17, 15) is 4.79 Å². The van der Waals surface area contributed by atoms with E-state index in [1.807, 2.05) is 79.7 Å². The highest BCUT2D eigenvalue weighted by atomic mass is 35.5. The summed E-state index contributed by atoms with van der Waals surface area (Å²) in [7, 11) is 0. The summed E-state index contributed by atoms with van der Waals surface area (Å²) in [6, 6.07) is 22.3. The first kappa shape index (κ1) is 27.1. The van der Waals surface area contributed by atoms with Crippen molar-refractivity contribution in [2.45, 2.75) is 37.4 Å². The number of nitrogens with zero attached hydrogens (tertiary/aromatic N) is 3. The normalized spacial score (nSPS) is 14.5. The number of carbonyl (C=O) groups is 1. The number of halogens is 2. The topological polar surface area (TPSA) is 78.3 Å². The van der Waals surface area contributed by atoms with Crippen LogP contribution in [0, 0.1) is 0 Å². The second-order valence-corrected chi connectivity index (χ2v) is 10.6. The summed E-state index contributed by atoms with van der Waals surface area (Å²) >= 11 is 13.8. The predicted octanol–water partition coefficient (Wildman–Crippen LogP) is 7.31. The van der Waals surface area contributed by atoms with E-state index in [0.717, 1.165) is 16.7 Å². The molecule has 3 aromatic carbocycles. The number of nitrogens with one attached hydrogen (secondary N) is 1. The molecule has 39 heavy (non-hydrogen) atoms. The largest absolute Gasteiger partial charge is 0.489 e. The van der Waals surface area contributed by atoms with Crippen molar-refractivity contribution in [2.24, 2.45) is 0 Å². The monoisotopic (exact) mass is 580 g/mol. The Kier molecular flexibility index (Phi) is 8.45. The van der Waals surface area contributed by atoms with Crippen molar-refractivity contribution in [3.8, 4) is 5.75 Å². The van der Waals surface area contributed by atoms with Crippen molar-refractivity contribution in [3.05, 3.63) is 111 Å². The number of hydrogen-bond donors (Lipinski definition) is 1. The Labute approximate surface area is 241 Å². The molecule has 10 heteroatoms. The van der Waals surface area contributed by atoms with E-state index < -0.39 is 12.0 Å². The summed E-state index contributed by atoms with van der Waals surface area (Å²) in [6.07, 6.45) is 0. The van der Waals surface area contributed by atoms with Gasteiger partial charge in [0.05, 0.1) is 12.2 Å². The number of fused-ring (bicyclic) bond motifs is 1. The third kappa shape index (κ3) is 6.24. The van der Waals surface area contributed by atoms with Crippen molar-refractivity contribution >= 4 is 46.9 Å². The summed E-state index contributed by atoms with van der Waals surface area (Å²) < 4.78 is 13.2. The molecule has 1 aliphatic heterocycles. The Morgan fingerprint density at radius 3 is 2.64 bits per heavy atom. The molecule has 2 heterocycles. The van der Waals surface area contributed by atoms with Crippen molar-refractivity contribution in [3.63, 3.8) is 0 Å². The highest BCUT2D eigenvalue weighted by Crippen LogP contribution is 2.38. The molecule has 0 fully saturated rings. The maximum atomic E-state index is 13.1. The van der Waals surface area contributed by atoms with Crippen LogP contribution in [0.5, 0.6) is 5.75 Å². The van der Waals surface area contributed by atoms with Crippen molar-refractivity contribution in [1.29, 1.82) is 0 Å². The molecule has 0 radical (unpaired) electrons. The zero-order valence-corrected chi connectivity index (χ0v) is 23.7. The number of aromatic nitrogens is 3. The number of carbonyl (C=O) groups excluding carboxylic acids is 1. The summed E-state index contributed by atoms with van der Waals surface area (Å²) in [5.41, 5.74) is 3.93. The molecule has 1 N–H and O–H groups in total. The fourth-order valence-electron chi connectivity index (χ4n) is 4.25. The zero-order chi connectivity index (χ0) is 27.4. The van der Waals surface area contributed by atoms with Crippen LogP contribution in [-0.4, -0.2) is 27.3 Å². The van der Waals surface area contributed by atoms with Gasteiger partial charge in [-0.05, 0) is 60.9 Å². The number of rotatable bonds is 9. The molecule has 0 aliphatic carbocycles. The van der Waals surface area contributed by atoms with Crippen LogP contribution in [0.25, 0.3) is 0 Å². The van der Waals surface area contributed by atoms with Gasteiger partial charge in [0.25, 0.3) is 0 Å². The summed E-state index contributed by atoms with van der Waals surface area (Å²) in [6.45, 7) is 4.27. The number of anilines is 1. The van der Waals surface area contributed by atoms with Crippen LogP contribution in [0.3, 0.4) is 0 Å². The third-order valence-corrected chi connectivity index (χ3v) is 7.64. The van der Waals surface area contributed by atoms with E-state index in [2.05, 4.69) is 5.32 Å². The standard InChI is InChI=1S/C29H26Cl2N4O3S/c1-3-37-27(36)25-18(2)32-28-33-29(39-17-21-7-4-5-10-24(21)31)34-35(28)26(25)20-8-6-9-23(15-20)38-16-19-11-13-22(30)14-12-19/h4-15,26H,3,16-17H2,1-2H3,(H,32,33,34). The van der Waals surface area contributed by atoms with E-state index in [-0.39, 0.29) is 6.61 Å². The lowest BCUT2D eigenvalue weighted by Crippen LogP contribution is -2.29. The lowest BCUT2D eigenvalue weighted by atomic mass is 9.95. The van der Waals surface area contributed by atoms with Crippen molar-refractivity contribution in [1.82, 2.24) is 14.8 Å². The van der Waals surface area contributed by atoms with Gasteiger partial charge in [0.2, 0.25) is 11.1 Å². The van der Waals surface area contributed by atoms with Gasteiger partial charge in [-0.25, -0.2) is 9.48 Å². The quantitative estimate of drug-likeness (QED) is 0.164. The minimum atomic E-state index is -0.554. The zero-order valence-electron chi connectivity index (χ0n) is 21.4. The van der Waals surface area contributed by atoms with Crippen LogP contribution in [-0.2, 0) is 21.9 Å². The average Bonchev–Trinajstić information content (AvgIpc) is 3.34. The van der Waals surface area contributed by atoms with Gasteiger partial charge in [-0.15, -0.1) is 5.10 Å². The first-order chi connectivity index (χ1) is 18.9. The molecule has 0 spiro atoms. The Balaban J connectivity index is 1.45. The van der Waals surface area contributed by atoms with Gasteiger partial charge in [0.1, 0.15) is 18.4 Å². The van der Waals surface area contributed by atoms with E-state index in [1.165, 1.54) is 11.8 Å². The first-order valence-electron chi connectivity index (χ1n) is 12.4. The molecule has 1 aromatic heterocycles. The van der Waals surface area contributed by atoms with Gasteiger partial charge < -0.3 is 14.8 Å². The molecule has 0 amide bonds. The van der Waals surface area contributed by atoms with E-state index in [1.54, 1.807) is 11.6 Å². The summed E-state index contributed by atoms with van der Waals surface area (Å²) in [5.74, 6) is 1.40. The minimum Gasteiger partial charge on any atom is -0.489 e. The number of allylic oxidation sites excluding steroid dienone is 1. The Morgan fingerprint density at radius 2 is 1.87 bits per heavy atom. The van der Waals surface area contributed by atoms with Gasteiger partial charge in [-0.2, -0.15) is 4.98 Å². The Morgan fingerprint density at radius 1 is 1.08 bits per heavy atom. The van der Waals surface area contributed by atoms with E-state index >= 15 is 0 Å². The predicted molar refractivity (Wildman–Crippen MR) is 154 cm³/mol. The average molecular weight is 582 g/mol. The third-order valence-electron chi connectivity index (χ3n) is 6.14. The fraction of sp³-hybridized carbons (Fsp3) is 0.207. The van der Waals surface area contributed by atoms with Gasteiger partial charge in [0, 0.05) is 21.5 Å². The second-order valence-electron chi connectivity index (χ2n) is 8.82. The molecule has 1 unspecified atom stereocenters. The molecule has 1 aliphatic rings. The van der Waals surface area contributed by atoms with E-state index in [0.29, 0.717) is 50.5 Å². The SMILES string of the molecule is CCOC(=O)C1=C(C)Nc2nc(SCc3ccccc3Cl)nn2C1c1cccc(OCc2ccc(Cl)cc2)c1. The van der Waals surface area contributed by atoms with Crippen molar-refractivity contribution in [2.75, 3.05) is 11.9 Å². The highest BCUT2D eigenvalue weighted by Gasteiger charge is 2.35. The fourth-order valence-corrected chi connectivity index (χ4v) is 5.49. The van der Waals surface area contributed by atoms with Gasteiger partial charge in [-0.3, -0.25) is 0 Å². The van der Waals surface area contributed by atoms with Crippen LogP contribution in [0.1, 0.15) is 36.6 Å². The number of thioether (sulfide) groups is 1. The van der Waals surface area contributed by atoms with Gasteiger partial charge >= 0.3 is 5.97 Å². The van der Waals surface area contributed by atoms with E-state index in [4.69, 9.17) is 42.8 Å². The summed E-state index contributed by atoms with van der Waals surface area (Å²) in [5, 5.41) is 9.95. The lowest BCUT2D eigenvalue weighted by Gasteiger charge is -2.28. The van der Waals surface area contributed by atoms with Crippen LogP contribution in [0.2, 0.25) is 10.0 Å². The maximum Gasteiger partial charge on any atom is 0.338 e. The number of ether oxygens (including phenoxy) is 2. The van der Waals surface area contributed by atoms with Crippen LogP contribution >= 0.6 is 35.0 Å². The van der Waals surface area contributed by atoms with Crippen molar-refractivity contribution < 1.29 is 14.3 Å². The molecule has 0 bridgehead atoms. The molecule has 0 saturated carbocycles. The van der Waals surface area contributed by atoms with Crippen LogP contribution in [0.4, 0.5) is 5.95 Å². The Hall–Kier alpha value is -3.46. The number of esters is 1. The highest BCUT2D eigenvalue weighted by molar-refractivity contribution is 7.98. The lowest BCUT2D eigenvalue weighted by molar-refractivity contribution is -0.139. The smallest absolute Gasteiger partial charge is 0.338 e. The number of benzene rings is 3. The molecule has 7 nitrogen and oxygen atoms in total. The molecular formula is C29H26Cl2N4O3S. The van der Waals surface area contributed by atoms with Crippen LogP contribution < -0.4 is 10.1 Å². The Bertz CT molecular complexity index is 1520. The second kappa shape index (κ2) is 12.2. The minimum absolute atomic E-state index is 0.260.